The molecule has 0 aliphatic carbocycles. The molecule has 0 unspecified atom stereocenters. The maximum Gasteiger partial charge on any atom is 0.135 e. The van der Waals surface area contributed by atoms with Crippen LogP contribution in [0.1, 0.15) is 0 Å². The van der Waals surface area contributed by atoms with Gasteiger partial charge in [0.25, 0.3) is 0 Å². The van der Waals surface area contributed by atoms with E-state index in [2.05, 4.69) is 182 Å². The predicted octanol–water partition coefficient (Wildman–Crippen LogP) is 14.9. The van der Waals surface area contributed by atoms with Gasteiger partial charge in [0.05, 0.1) is 0 Å². The summed E-state index contributed by atoms with van der Waals surface area (Å²) in [5.74, 6) is 0. The molecule has 1 heterocycles. The molecule has 0 saturated carbocycles. The fourth-order valence-electron chi connectivity index (χ4n) is 8.52. The molecule has 1 aromatic heterocycles. The Kier molecular flexibility index (Phi) is 6.62. The number of rotatable bonds is 4. The number of para-hydroxylation sites is 1. The average molecular weight is 673 g/mol. The quantitative estimate of drug-likeness (QED) is 0.170. The van der Waals surface area contributed by atoms with Crippen LogP contribution in [0.25, 0.3) is 110 Å². The van der Waals surface area contributed by atoms with E-state index >= 15 is 0 Å². The molecule has 0 atom stereocenters. The van der Waals surface area contributed by atoms with E-state index in [0.29, 0.717) is 0 Å². The largest absolute Gasteiger partial charge is 0.456 e. The zero-order chi connectivity index (χ0) is 34.9. The third kappa shape index (κ3) is 4.79. The number of hydrogen-bond donors (Lipinski definition) is 0. The third-order valence-electron chi connectivity index (χ3n) is 11.0. The first kappa shape index (κ1) is 29.7. The molecule has 53 heavy (non-hydrogen) atoms. The SMILES string of the molecule is c1ccc2cc(-c3c4ccccc4c(-c4ccc(-c5ccc6oc7ccccc7c6c5)cc4)c4ccc(-c5cccc6ccccc56)cc34)ccc2c1. The zero-order valence-electron chi connectivity index (χ0n) is 28.9. The maximum absolute atomic E-state index is 6.12. The van der Waals surface area contributed by atoms with Gasteiger partial charge in [-0.05, 0) is 118 Å². The van der Waals surface area contributed by atoms with Crippen molar-refractivity contribution in [1.29, 1.82) is 0 Å². The van der Waals surface area contributed by atoms with E-state index < -0.39 is 0 Å². The van der Waals surface area contributed by atoms with E-state index in [-0.39, 0.29) is 0 Å². The van der Waals surface area contributed by atoms with Crippen LogP contribution in [0, 0.1) is 0 Å². The minimum atomic E-state index is 0.916. The van der Waals surface area contributed by atoms with Gasteiger partial charge in [-0.25, -0.2) is 0 Å². The Balaban J connectivity index is 1.15. The van der Waals surface area contributed by atoms with Gasteiger partial charge in [-0.1, -0.05) is 164 Å². The number of fused-ring (bicyclic) bond motifs is 7. The molecular weight excluding hydrogens is 641 g/mol. The predicted molar refractivity (Wildman–Crippen MR) is 225 cm³/mol. The summed E-state index contributed by atoms with van der Waals surface area (Å²) < 4.78 is 6.12. The van der Waals surface area contributed by atoms with Crippen molar-refractivity contribution in [3.63, 3.8) is 0 Å². The van der Waals surface area contributed by atoms with Gasteiger partial charge in [-0.2, -0.15) is 0 Å². The number of benzene rings is 10. The monoisotopic (exact) mass is 672 g/mol. The Bertz CT molecular complexity index is 3210. The lowest BCUT2D eigenvalue weighted by molar-refractivity contribution is 0.669. The molecule has 0 aliphatic rings. The smallest absolute Gasteiger partial charge is 0.135 e. The van der Waals surface area contributed by atoms with Gasteiger partial charge in [-0.3, -0.25) is 0 Å². The van der Waals surface area contributed by atoms with Crippen molar-refractivity contribution in [2.24, 2.45) is 0 Å². The van der Waals surface area contributed by atoms with E-state index in [1.807, 2.05) is 12.1 Å². The second-order valence-electron chi connectivity index (χ2n) is 14.0. The summed E-state index contributed by atoms with van der Waals surface area (Å²) >= 11 is 0. The number of furan rings is 1. The lowest BCUT2D eigenvalue weighted by Crippen LogP contribution is -1.92. The van der Waals surface area contributed by atoms with Crippen LogP contribution in [0.3, 0.4) is 0 Å². The Morgan fingerprint density at radius 1 is 0.245 bits per heavy atom. The first-order chi connectivity index (χ1) is 26.3. The topological polar surface area (TPSA) is 13.1 Å². The van der Waals surface area contributed by atoms with Crippen molar-refractivity contribution >= 4 is 65.0 Å². The van der Waals surface area contributed by atoms with Gasteiger partial charge >= 0.3 is 0 Å². The summed E-state index contributed by atoms with van der Waals surface area (Å²) in [7, 11) is 0. The molecule has 0 amide bonds. The highest BCUT2D eigenvalue weighted by Crippen LogP contribution is 2.46. The minimum Gasteiger partial charge on any atom is -0.456 e. The van der Waals surface area contributed by atoms with Crippen molar-refractivity contribution in [3.05, 3.63) is 194 Å². The fourth-order valence-corrected chi connectivity index (χ4v) is 8.52. The highest BCUT2D eigenvalue weighted by atomic mass is 16.3. The molecular formula is C52H32O. The van der Waals surface area contributed by atoms with Crippen LogP contribution >= 0.6 is 0 Å². The Hall–Kier alpha value is -6.96. The zero-order valence-corrected chi connectivity index (χ0v) is 28.9. The summed E-state index contributed by atoms with van der Waals surface area (Å²) in [5, 5.41) is 12.3. The molecule has 11 rings (SSSR count). The normalized spacial score (nSPS) is 11.8. The van der Waals surface area contributed by atoms with Crippen LogP contribution in [0.5, 0.6) is 0 Å². The highest BCUT2D eigenvalue weighted by molar-refractivity contribution is 6.22. The first-order valence-electron chi connectivity index (χ1n) is 18.2. The van der Waals surface area contributed by atoms with Gasteiger partial charge in [0.15, 0.2) is 0 Å². The second-order valence-corrected chi connectivity index (χ2v) is 14.0. The van der Waals surface area contributed by atoms with Crippen LogP contribution < -0.4 is 0 Å². The average Bonchev–Trinajstić information content (AvgIpc) is 3.60. The molecule has 11 aromatic rings. The Morgan fingerprint density at radius 2 is 0.792 bits per heavy atom. The molecule has 1 heteroatoms. The van der Waals surface area contributed by atoms with Crippen LogP contribution in [0.4, 0.5) is 0 Å². The van der Waals surface area contributed by atoms with E-state index in [1.54, 1.807) is 0 Å². The fraction of sp³-hybridized carbons (Fsp3) is 0. The van der Waals surface area contributed by atoms with Crippen molar-refractivity contribution < 1.29 is 4.42 Å². The molecule has 10 aromatic carbocycles. The summed E-state index contributed by atoms with van der Waals surface area (Å²) in [6.45, 7) is 0. The van der Waals surface area contributed by atoms with Gasteiger partial charge in [0, 0.05) is 10.8 Å². The van der Waals surface area contributed by atoms with Gasteiger partial charge in [0.1, 0.15) is 11.2 Å². The Morgan fingerprint density at radius 3 is 1.62 bits per heavy atom. The van der Waals surface area contributed by atoms with Gasteiger partial charge in [-0.15, -0.1) is 0 Å². The van der Waals surface area contributed by atoms with Gasteiger partial charge in [0.2, 0.25) is 0 Å². The molecule has 0 spiro atoms. The molecule has 0 bridgehead atoms. The van der Waals surface area contributed by atoms with E-state index in [4.69, 9.17) is 4.42 Å². The molecule has 0 N–H and O–H groups in total. The first-order valence-corrected chi connectivity index (χ1v) is 18.2. The standard InChI is InChI=1S/C52H32O/c1-2-12-37-30-40(25-22-33(37)10-1)52-45-17-6-5-16-44(45)51(46-28-26-39(32-48(46)52)42-18-9-13-35-11-3-4-14-41(35)42)36-23-20-34(21-24-36)38-27-29-50-47(31-38)43-15-7-8-19-49(43)53-50/h1-32H. The van der Waals surface area contributed by atoms with E-state index in [9.17, 15) is 0 Å². The second kappa shape index (κ2) is 11.8. The van der Waals surface area contributed by atoms with Crippen molar-refractivity contribution in [2.45, 2.75) is 0 Å². The summed E-state index contributed by atoms with van der Waals surface area (Å²) in [6.07, 6.45) is 0. The molecule has 0 saturated heterocycles. The lowest BCUT2D eigenvalue weighted by Gasteiger charge is -2.19. The van der Waals surface area contributed by atoms with Crippen LogP contribution in [-0.4, -0.2) is 0 Å². The van der Waals surface area contributed by atoms with E-state index in [0.717, 1.165) is 21.9 Å². The maximum atomic E-state index is 6.12. The summed E-state index contributed by atoms with van der Waals surface area (Å²) in [6, 6.07) is 70.8. The summed E-state index contributed by atoms with van der Waals surface area (Å²) in [5.41, 5.74) is 11.6. The molecule has 0 fully saturated rings. The molecule has 1 nitrogen and oxygen atoms in total. The minimum absolute atomic E-state index is 0.916. The molecule has 246 valence electrons. The van der Waals surface area contributed by atoms with E-state index in [1.165, 1.54) is 87.6 Å². The molecule has 0 aliphatic heterocycles. The van der Waals surface area contributed by atoms with Gasteiger partial charge < -0.3 is 4.42 Å². The van der Waals surface area contributed by atoms with Crippen molar-refractivity contribution in [1.82, 2.24) is 0 Å². The van der Waals surface area contributed by atoms with Crippen LogP contribution in [-0.2, 0) is 0 Å². The van der Waals surface area contributed by atoms with Crippen molar-refractivity contribution in [3.8, 4) is 44.5 Å². The van der Waals surface area contributed by atoms with Crippen LogP contribution in [0.15, 0.2) is 199 Å². The summed E-state index contributed by atoms with van der Waals surface area (Å²) in [4.78, 5) is 0. The molecule has 0 radical (unpaired) electrons. The lowest BCUT2D eigenvalue weighted by atomic mass is 9.84. The van der Waals surface area contributed by atoms with Crippen molar-refractivity contribution in [2.75, 3.05) is 0 Å². The number of hydrogen-bond acceptors (Lipinski definition) is 1. The Labute approximate surface area is 307 Å². The van der Waals surface area contributed by atoms with Crippen LogP contribution in [0.2, 0.25) is 0 Å². The highest BCUT2D eigenvalue weighted by Gasteiger charge is 2.19. The third-order valence-corrected chi connectivity index (χ3v) is 11.0.